The summed E-state index contributed by atoms with van der Waals surface area (Å²) in [5.74, 6) is 0.649. The van der Waals surface area contributed by atoms with E-state index in [1.54, 1.807) is 49.7 Å². The third kappa shape index (κ3) is 3.68. The summed E-state index contributed by atoms with van der Waals surface area (Å²) in [4.78, 5) is 20.9. The second-order valence-electron chi connectivity index (χ2n) is 5.04. The molecule has 24 heavy (non-hydrogen) atoms. The first-order valence-corrected chi connectivity index (χ1v) is 8.40. The normalized spacial score (nSPS) is 12.1. The van der Waals surface area contributed by atoms with Crippen molar-refractivity contribution >= 4 is 34.6 Å². The van der Waals surface area contributed by atoms with E-state index in [4.69, 9.17) is 9.15 Å². The van der Waals surface area contributed by atoms with E-state index in [0.717, 1.165) is 11.4 Å². The van der Waals surface area contributed by atoms with E-state index in [1.165, 1.54) is 11.8 Å². The standard InChI is InChI=1S/C17H17N3O3S/c1-3-14(16(21)19-11-6-8-12(22-2)9-7-11)24-17-20-15-13(23-17)5-4-10-18-15/h4-10,14H,3H2,1-2H3,(H,19,21)/t14-/m0/s1. The van der Waals surface area contributed by atoms with Crippen molar-refractivity contribution in [1.29, 1.82) is 0 Å². The molecule has 1 amide bonds. The van der Waals surface area contributed by atoms with Crippen molar-refractivity contribution in [2.45, 2.75) is 23.8 Å². The van der Waals surface area contributed by atoms with Crippen molar-refractivity contribution in [1.82, 2.24) is 9.97 Å². The third-order valence-corrected chi connectivity index (χ3v) is 4.62. The van der Waals surface area contributed by atoms with E-state index in [0.29, 0.717) is 22.9 Å². The highest BCUT2D eigenvalue weighted by atomic mass is 32.2. The second-order valence-corrected chi connectivity index (χ2v) is 6.19. The van der Waals surface area contributed by atoms with Crippen molar-refractivity contribution in [3.63, 3.8) is 0 Å². The van der Waals surface area contributed by atoms with Gasteiger partial charge in [0.2, 0.25) is 5.91 Å². The van der Waals surface area contributed by atoms with Crippen LogP contribution in [0.2, 0.25) is 0 Å². The van der Waals surface area contributed by atoms with Crippen LogP contribution in [0.5, 0.6) is 5.75 Å². The molecule has 1 N–H and O–H groups in total. The van der Waals surface area contributed by atoms with E-state index >= 15 is 0 Å². The Morgan fingerprint density at radius 3 is 2.79 bits per heavy atom. The first-order valence-electron chi connectivity index (χ1n) is 7.52. The molecule has 0 fully saturated rings. The van der Waals surface area contributed by atoms with Crippen molar-refractivity contribution in [2.24, 2.45) is 0 Å². The highest BCUT2D eigenvalue weighted by molar-refractivity contribution is 8.00. The number of amides is 1. The van der Waals surface area contributed by atoms with E-state index < -0.39 is 0 Å². The highest BCUT2D eigenvalue weighted by Gasteiger charge is 2.21. The lowest BCUT2D eigenvalue weighted by Gasteiger charge is -2.13. The molecular formula is C17H17N3O3S. The Hall–Kier alpha value is -2.54. The molecule has 0 aliphatic heterocycles. The topological polar surface area (TPSA) is 77.2 Å². The number of carbonyl (C=O) groups is 1. The molecule has 0 aliphatic rings. The Labute approximate surface area is 143 Å². The van der Waals surface area contributed by atoms with Gasteiger partial charge in [0.25, 0.3) is 5.22 Å². The number of oxazole rings is 1. The molecule has 6 nitrogen and oxygen atoms in total. The quantitative estimate of drug-likeness (QED) is 0.687. The summed E-state index contributed by atoms with van der Waals surface area (Å²) in [5.41, 5.74) is 1.88. The molecule has 2 aromatic heterocycles. The van der Waals surface area contributed by atoms with Gasteiger partial charge in [-0.25, -0.2) is 4.98 Å². The average molecular weight is 343 g/mol. The number of carbonyl (C=O) groups excluding carboxylic acids is 1. The molecule has 3 rings (SSSR count). The molecule has 0 radical (unpaired) electrons. The number of aromatic nitrogens is 2. The van der Waals surface area contributed by atoms with Crippen LogP contribution in [0.25, 0.3) is 11.2 Å². The number of thioether (sulfide) groups is 1. The van der Waals surface area contributed by atoms with Crippen molar-refractivity contribution < 1.29 is 13.9 Å². The lowest BCUT2D eigenvalue weighted by atomic mass is 10.2. The first-order chi connectivity index (χ1) is 11.7. The lowest BCUT2D eigenvalue weighted by molar-refractivity contribution is -0.115. The molecule has 2 heterocycles. The Morgan fingerprint density at radius 1 is 1.33 bits per heavy atom. The van der Waals surface area contributed by atoms with E-state index in [-0.39, 0.29) is 11.2 Å². The fourth-order valence-electron chi connectivity index (χ4n) is 2.14. The van der Waals surface area contributed by atoms with Gasteiger partial charge in [-0.05, 0) is 42.8 Å². The summed E-state index contributed by atoms with van der Waals surface area (Å²) < 4.78 is 10.7. The van der Waals surface area contributed by atoms with Gasteiger partial charge < -0.3 is 14.5 Å². The Kier molecular flexibility index (Phi) is 5.00. The van der Waals surface area contributed by atoms with Crippen LogP contribution in [0, 0.1) is 0 Å². The zero-order valence-electron chi connectivity index (χ0n) is 13.4. The number of hydrogen-bond donors (Lipinski definition) is 1. The number of hydrogen-bond acceptors (Lipinski definition) is 6. The van der Waals surface area contributed by atoms with Gasteiger partial charge >= 0.3 is 0 Å². The molecular weight excluding hydrogens is 326 g/mol. The molecule has 0 spiro atoms. The van der Waals surface area contributed by atoms with E-state index in [9.17, 15) is 4.79 Å². The SMILES string of the molecule is CC[C@H](Sc1nc2ncccc2o1)C(=O)Nc1ccc(OC)cc1. The second kappa shape index (κ2) is 7.35. The number of nitrogens with zero attached hydrogens (tertiary/aromatic N) is 2. The zero-order chi connectivity index (χ0) is 16.9. The van der Waals surface area contributed by atoms with E-state index in [1.807, 2.05) is 6.92 Å². The van der Waals surface area contributed by atoms with Gasteiger partial charge in [0, 0.05) is 11.9 Å². The number of fused-ring (bicyclic) bond motifs is 1. The van der Waals surface area contributed by atoms with E-state index in [2.05, 4.69) is 15.3 Å². The van der Waals surface area contributed by atoms with Crippen LogP contribution >= 0.6 is 11.8 Å². The van der Waals surface area contributed by atoms with Gasteiger partial charge in [-0.3, -0.25) is 4.79 Å². The maximum Gasteiger partial charge on any atom is 0.259 e. The number of ether oxygens (including phenoxy) is 1. The summed E-state index contributed by atoms with van der Waals surface area (Å²) in [6, 6.07) is 10.8. The summed E-state index contributed by atoms with van der Waals surface area (Å²) in [6.45, 7) is 1.95. The van der Waals surface area contributed by atoms with Crippen LogP contribution < -0.4 is 10.1 Å². The maximum absolute atomic E-state index is 12.5. The van der Waals surface area contributed by atoms with Crippen molar-refractivity contribution in [3.05, 3.63) is 42.6 Å². The Balaban J connectivity index is 1.69. The molecule has 7 heteroatoms. The Morgan fingerprint density at radius 2 is 2.12 bits per heavy atom. The van der Waals surface area contributed by atoms with Crippen LogP contribution in [0.4, 0.5) is 5.69 Å². The van der Waals surface area contributed by atoms with Crippen LogP contribution in [-0.4, -0.2) is 28.2 Å². The van der Waals surface area contributed by atoms with Gasteiger partial charge in [0.15, 0.2) is 11.2 Å². The molecule has 0 saturated heterocycles. The molecule has 0 bridgehead atoms. The summed E-state index contributed by atoms with van der Waals surface area (Å²) in [6.07, 6.45) is 2.31. The monoisotopic (exact) mass is 343 g/mol. The van der Waals surface area contributed by atoms with Crippen LogP contribution in [0.1, 0.15) is 13.3 Å². The van der Waals surface area contributed by atoms with Gasteiger partial charge in [-0.2, -0.15) is 4.98 Å². The van der Waals surface area contributed by atoms with Gasteiger partial charge in [-0.1, -0.05) is 18.7 Å². The summed E-state index contributed by atoms with van der Waals surface area (Å²) in [7, 11) is 1.60. The summed E-state index contributed by atoms with van der Waals surface area (Å²) in [5, 5.41) is 3.04. The van der Waals surface area contributed by atoms with Gasteiger partial charge in [0.05, 0.1) is 12.4 Å². The number of rotatable bonds is 6. The first kappa shape index (κ1) is 16.3. The number of methoxy groups -OCH3 is 1. The molecule has 1 atom stereocenters. The highest BCUT2D eigenvalue weighted by Crippen LogP contribution is 2.28. The van der Waals surface area contributed by atoms with Gasteiger partial charge in [0.1, 0.15) is 5.75 Å². The molecule has 0 unspecified atom stereocenters. The minimum Gasteiger partial charge on any atom is -0.497 e. The van der Waals surface area contributed by atoms with Gasteiger partial charge in [-0.15, -0.1) is 0 Å². The zero-order valence-corrected chi connectivity index (χ0v) is 14.2. The van der Waals surface area contributed by atoms with Crippen LogP contribution in [0.15, 0.2) is 52.2 Å². The minimum atomic E-state index is -0.305. The van der Waals surface area contributed by atoms with Crippen molar-refractivity contribution in [2.75, 3.05) is 12.4 Å². The Bertz CT molecular complexity index is 799. The number of anilines is 1. The maximum atomic E-state index is 12.5. The predicted molar refractivity (Wildman–Crippen MR) is 93.4 cm³/mol. The molecule has 0 saturated carbocycles. The third-order valence-electron chi connectivity index (χ3n) is 3.41. The number of benzene rings is 1. The largest absolute Gasteiger partial charge is 0.497 e. The van der Waals surface area contributed by atoms with Crippen LogP contribution in [0.3, 0.4) is 0 Å². The molecule has 1 aromatic carbocycles. The smallest absolute Gasteiger partial charge is 0.259 e. The van der Waals surface area contributed by atoms with Crippen LogP contribution in [-0.2, 0) is 4.79 Å². The fourth-order valence-corrected chi connectivity index (χ4v) is 2.99. The molecule has 124 valence electrons. The molecule has 0 aliphatic carbocycles. The van der Waals surface area contributed by atoms with Crippen molar-refractivity contribution in [3.8, 4) is 5.75 Å². The summed E-state index contributed by atoms with van der Waals surface area (Å²) >= 11 is 1.29. The lowest BCUT2D eigenvalue weighted by Crippen LogP contribution is -2.24. The number of pyridine rings is 1. The molecule has 3 aromatic rings. The fraction of sp³-hybridized carbons (Fsp3) is 0.235. The number of nitrogens with one attached hydrogen (secondary N) is 1. The average Bonchev–Trinajstić information content (AvgIpc) is 3.02. The minimum absolute atomic E-state index is 0.0946. The predicted octanol–water partition coefficient (Wildman–Crippen LogP) is 3.74.